The molecule has 2 rings (SSSR count). The Morgan fingerprint density at radius 2 is 1.58 bits per heavy atom. The third kappa shape index (κ3) is 2.48. The predicted octanol–water partition coefficient (Wildman–Crippen LogP) is 2.15. The van der Waals surface area contributed by atoms with Crippen LogP contribution in [0.5, 0.6) is 0 Å². The third-order valence-electron chi connectivity index (χ3n) is 3.07. The average molecular weight is 276 g/mol. The fourth-order valence-electron chi connectivity index (χ4n) is 1.97. The molecule has 0 aliphatic rings. The zero-order chi connectivity index (χ0) is 13.9. The summed E-state index contributed by atoms with van der Waals surface area (Å²) >= 11 is 5.72. The Morgan fingerprint density at radius 3 is 2.05 bits per heavy atom. The van der Waals surface area contributed by atoms with E-state index in [4.69, 9.17) is 17.3 Å². The van der Waals surface area contributed by atoms with Crippen LogP contribution in [0, 0.1) is 0 Å². The topological polar surface area (TPSA) is 63.3 Å². The summed E-state index contributed by atoms with van der Waals surface area (Å²) < 4.78 is 0. The maximum atomic E-state index is 11.7. The van der Waals surface area contributed by atoms with Crippen molar-refractivity contribution in [2.45, 2.75) is 11.5 Å². The molecule has 0 heterocycles. The van der Waals surface area contributed by atoms with Gasteiger partial charge in [0.1, 0.15) is 0 Å². The summed E-state index contributed by atoms with van der Waals surface area (Å²) in [5, 5.41) is 10.7. The van der Waals surface area contributed by atoms with Gasteiger partial charge in [0.15, 0.2) is 5.60 Å². The van der Waals surface area contributed by atoms with Gasteiger partial charge in [0.25, 0.3) is 5.91 Å². The van der Waals surface area contributed by atoms with Crippen LogP contribution in [0.15, 0.2) is 54.6 Å². The highest BCUT2D eigenvalue weighted by Gasteiger charge is 2.37. The van der Waals surface area contributed by atoms with E-state index in [0.29, 0.717) is 17.0 Å². The molecule has 0 radical (unpaired) electrons. The van der Waals surface area contributed by atoms with Crippen LogP contribution in [0.2, 0.25) is 0 Å². The van der Waals surface area contributed by atoms with Crippen molar-refractivity contribution in [2.75, 3.05) is 0 Å². The van der Waals surface area contributed by atoms with Gasteiger partial charge in [-0.1, -0.05) is 54.6 Å². The van der Waals surface area contributed by atoms with E-state index in [9.17, 15) is 9.90 Å². The van der Waals surface area contributed by atoms with Crippen LogP contribution < -0.4 is 5.73 Å². The lowest BCUT2D eigenvalue weighted by Crippen LogP contribution is -2.42. The summed E-state index contributed by atoms with van der Waals surface area (Å²) in [6.45, 7) is 0. The molecule has 1 atom stereocenters. The number of amides is 1. The molecule has 0 aliphatic carbocycles. The summed E-state index contributed by atoms with van der Waals surface area (Å²) in [7, 11) is 0. The zero-order valence-corrected chi connectivity index (χ0v) is 11.0. The van der Waals surface area contributed by atoms with Crippen LogP contribution in [0.1, 0.15) is 16.7 Å². The molecule has 1 unspecified atom stereocenters. The largest absolute Gasteiger partial charge is 0.372 e. The lowest BCUT2D eigenvalue weighted by atomic mass is 9.85. The number of hydrogen-bond acceptors (Lipinski definition) is 2. The first-order valence-electron chi connectivity index (χ1n) is 5.82. The van der Waals surface area contributed by atoms with E-state index in [2.05, 4.69) is 0 Å². The molecule has 0 saturated heterocycles. The van der Waals surface area contributed by atoms with Gasteiger partial charge in [0, 0.05) is 5.88 Å². The van der Waals surface area contributed by atoms with E-state index in [-0.39, 0.29) is 0 Å². The van der Waals surface area contributed by atoms with Crippen molar-refractivity contribution < 1.29 is 9.90 Å². The predicted molar refractivity (Wildman–Crippen MR) is 74.6 cm³/mol. The molecule has 2 aromatic carbocycles. The number of aliphatic hydroxyl groups is 1. The zero-order valence-electron chi connectivity index (χ0n) is 10.2. The highest BCUT2D eigenvalue weighted by atomic mass is 35.5. The van der Waals surface area contributed by atoms with Crippen LogP contribution in [0.25, 0.3) is 0 Å². The quantitative estimate of drug-likeness (QED) is 0.840. The Balaban J connectivity index is 2.53. The number of carbonyl (C=O) groups is 1. The molecule has 2 aromatic rings. The van der Waals surface area contributed by atoms with Crippen LogP contribution >= 0.6 is 11.6 Å². The van der Waals surface area contributed by atoms with Crippen molar-refractivity contribution in [3.05, 3.63) is 71.3 Å². The molecular formula is C15H14ClNO2. The van der Waals surface area contributed by atoms with Gasteiger partial charge in [-0.25, -0.2) is 0 Å². The molecule has 3 nitrogen and oxygen atoms in total. The van der Waals surface area contributed by atoms with E-state index in [0.717, 1.165) is 5.56 Å². The molecule has 0 spiro atoms. The number of primary amides is 1. The second-order valence-corrected chi connectivity index (χ2v) is 4.54. The number of benzene rings is 2. The van der Waals surface area contributed by atoms with Gasteiger partial charge in [-0.3, -0.25) is 4.79 Å². The Labute approximate surface area is 116 Å². The van der Waals surface area contributed by atoms with Gasteiger partial charge in [-0.15, -0.1) is 11.6 Å². The lowest BCUT2D eigenvalue weighted by Gasteiger charge is -2.25. The summed E-state index contributed by atoms with van der Waals surface area (Å²) in [5.74, 6) is -0.432. The monoisotopic (exact) mass is 275 g/mol. The van der Waals surface area contributed by atoms with Gasteiger partial charge in [0.05, 0.1) is 0 Å². The number of halogens is 1. The average Bonchev–Trinajstić information content (AvgIpc) is 2.47. The maximum absolute atomic E-state index is 11.7. The second kappa shape index (κ2) is 5.43. The fourth-order valence-corrected chi connectivity index (χ4v) is 2.14. The van der Waals surface area contributed by atoms with Gasteiger partial charge in [-0.05, 0) is 16.7 Å². The number of alkyl halides is 1. The molecule has 1 amide bonds. The fraction of sp³-hybridized carbons (Fsp3) is 0.133. The molecule has 0 aromatic heterocycles. The Hall–Kier alpha value is -1.84. The SMILES string of the molecule is NC(=O)C(O)(c1ccccc1)c1ccc(CCl)cc1. The summed E-state index contributed by atoms with van der Waals surface area (Å²) in [4.78, 5) is 11.7. The van der Waals surface area contributed by atoms with Crippen molar-refractivity contribution in [1.29, 1.82) is 0 Å². The van der Waals surface area contributed by atoms with E-state index >= 15 is 0 Å². The minimum Gasteiger partial charge on any atom is -0.372 e. The summed E-state index contributed by atoms with van der Waals surface area (Å²) in [6.07, 6.45) is 0. The van der Waals surface area contributed by atoms with Gasteiger partial charge in [0.2, 0.25) is 0 Å². The van der Waals surface area contributed by atoms with E-state index in [1.807, 2.05) is 6.07 Å². The highest BCUT2D eigenvalue weighted by molar-refractivity contribution is 6.17. The Bertz CT molecular complexity index is 568. The normalized spacial score (nSPS) is 13.8. The lowest BCUT2D eigenvalue weighted by molar-refractivity contribution is -0.133. The summed E-state index contributed by atoms with van der Waals surface area (Å²) in [6, 6.07) is 15.5. The minimum absolute atomic E-state index is 0.376. The molecule has 0 aliphatic heterocycles. The van der Waals surface area contributed by atoms with Crippen LogP contribution in [-0.4, -0.2) is 11.0 Å². The van der Waals surface area contributed by atoms with Gasteiger partial charge >= 0.3 is 0 Å². The standard InChI is InChI=1S/C15H14ClNO2/c16-10-11-6-8-13(9-7-11)15(19,14(17)18)12-4-2-1-3-5-12/h1-9,19H,10H2,(H2,17,18). The first-order valence-corrected chi connectivity index (χ1v) is 6.35. The molecule has 0 fully saturated rings. The number of carbonyl (C=O) groups excluding carboxylic acids is 1. The molecule has 4 heteroatoms. The van der Waals surface area contributed by atoms with Crippen molar-refractivity contribution in [1.82, 2.24) is 0 Å². The molecule has 98 valence electrons. The van der Waals surface area contributed by atoms with Gasteiger partial charge < -0.3 is 10.8 Å². The molecular weight excluding hydrogens is 262 g/mol. The first-order chi connectivity index (χ1) is 9.09. The highest BCUT2D eigenvalue weighted by Crippen LogP contribution is 2.29. The van der Waals surface area contributed by atoms with Crippen molar-refractivity contribution in [2.24, 2.45) is 5.73 Å². The van der Waals surface area contributed by atoms with E-state index in [1.54, 1.807) is 48.5 Å². The van der Waals surface area contributed by atoms with Crippen LogP contribution in [0.3, 0.4) is 0 Å². The minimum atomic E-state index is -1.83. The van der Waals surface area contributed by atoms with Crippen molar-refractivity contribution in [3.63, 3.8) is 0 Å². The van der Waals surface area contributed by atoms with Crippen molar-refractivity contribution >= 4 is 17.5 Å². The molecule has 0 bridgehead atoms. The summed E-state index contributed by atoms with van der Waals surface area (Å²) in [5.41, 5.74) is 5.35. The Kier molecular flexibility index (Phi) is 3.88. The van der Waals surface area contributed by atoms with Gasteiger partial charge in [-0.2, -0.15) is 0 Å². The molecule has 0 saturated carbocycles. The third-order valence-corrected chi connectivity index (χ3v) is 3.38. The molecule has 3 N–H and O–H groups in total. The van der Waals surface area contributed by atoms with Crippen molar-refractivity contribution in [3.8, 4) is 0 Å². The van der Waals surface area contributed by atoms with Crippen LogP contribution in [-0.2, 0) is 16.3 Å². The first kappa shape index (κ1) is 13.6. The van der Waals surface area contributed by atoms with E-state index in [1.165, 1.54) is 0 Å². The number of nitrogens with two attached hydrogens (primary N) is 1. The number of rotatable bonds is 4. The smallest absolute Gasteiger partial charge is 0.258 e. The van der Waals surface area contributed by atoms with E-state index < -0.39 is 11.5 Å². The Morgan fingerprint density at radius 1 is 1.05 bits per heavy atom. The maximum Gasteiger partial charge on any atom is 0.258 e. The second-order valence-electron chi connectivity index (χ2n) is 4.27. The van der Waals surface area contributed by atoms with Crippen LogP contribution in [0.4, 0.5) is 0 Å². The molecule has 19 heavy (non-hydrogen) atoms. The number of hydrogen-bond donors (Lipinski definition) is 2.